The molecule has 1 aliphatic heterocycles. The largest absolute Gasteiger partial charge is 0.394 e. The summed E-state index contributed by atoms with van der Waals surface area (Å²) in [6.45, 7) is -0.436. The van der Waals surface area contributed by atoms with E-state index in [2.05, 4.69) is 25.5 Å². The summed E-state index contributed by atoms with van der Waals surface area (Å²) >= 11 is 0. The molecule has 11 heteroatoms. The Morgan fingerprint density at radius 1 is 1.12 bits per heavy atom. The van der Waals surface area contributed by atoms with Gasteiger partial charge in [-0.25, -0.2) is 10.4 Å². The summed E-state index contributed by atoms with van der Waals surface area (Å²) in [7, 11) is 0. The van der Waals surface area contributed by atoms with Gasteiger partial charge in [-0.15, -0.1) is 0 Å². The monoisotopic (exact) mass is 435 g/mol. The maximum absolute atomic E-state index is 10.3. The number of aliphatic hydroxyl groups excluding tert-OH is 3. The fourth-order valence-electron chi connectivity index (χ4n) is 3.74. The third kappa shape index (κ3) is 3.52. The number of aromatic nitrogens is 4. The average molecular weight is 435 g/mol. The van der Waals surface area contributed by atoms with E-state index in [1.807, 2.05) is 42.5 Å². The summed E-state index contributed by atoms with van der Waals surface area (Å²) in [6.07, 6.45) is -1.41. The van der Waals surface area contributed by atoms with E-state index in [-0.39, 0.29) is 17.4 Å². The smallest absolute Gasteiger partial charge is 0.247 e. The molecule has 1 aliphatic rings. The molecule has 0 spiro atoms. The molecule has 0 aliphatic carbocycles. The van der Waals surface area contributed by atoms with Gasteiger partial charge in [-0.2, -0.15) is 15.1 Å². The number of fused-ring (bicyclic) bond motifs is 2. The predicted octanol–water partition coefficient (Wildman–Crippen LogP) is 0.619. The van der Waals surface area contributed by atoms with Gasteiger partial charge in [0.2, 0.25) is 5.95 Å². The number of aliphatic hydroxyl groups is 3. The molecule has 2 aromatic heterocycles. The van der Waals surface area contributed by atoms with Crippen molar-refractivity contribution in [1.29, 1.82) is 0 Å². The van der Waals surface area contributed by atoms with Crippen LogP contribution in [0, 0.1) is 0 Å². The lowest BCUT2D eigenvalue weighted by molar-refractivity contribution is -0.0511. The third-order valence-corrected chi connectivity index (χ3v) is 5.39. The summed E-state index contributed by atoms with van der Waals surface area (Å²) in [4.78, 5) is 12.7. The number of hydrogen-bond acceptors (Lipinski definition) is 10. The van der Waals surface area contributed by atoms with E-state index >= 15 is 0 Å². The molecule has 4 aromatic rings. The van der Waals surface area contributed by atoms with Crippen molar-refractivity contribution in [3.63, 3.8) is 0 Å². The SMILES string of the molecule is Nc1nc(N/N=C/c2ccc3ccccc3c2)nc2c1ncn2C1OC(CO)C(O)C1O. The van der Waals surface area contributed by atoms with Crippen LogP contribution in [0.1, 0.15) is 11.8 Å². The lowest BCUT2D eigenvalue weighted by Gasteiger charge is -2.16. The summed E-state index contributed by atoms with van der Waals surface area (Å²) in [5, 5.41) is 36.1. The van der Waals surface area contributed by atoms with Gasteiger partial charge in [0, 0.05) is 0 Å². The highest BCUT2D eigenvalue weighted by molar-refractivity contribution is 5.90. The highest BCUT2D eigenvalue weighted by atomic mass is 16.6. The van der Waals surface area contributed by atoms with E-state index in [0.29, 0.717) is 5.52 Å². The van der Waals surface area contributed by atoms with Crippen LogP contribution in [0.3, 0.4) is 0 Å². The molecule has 1 fully saturated rings. The van der Waals surface area contributed by atoms with Gasteiger partial charge in [-0.05, 0) is 22.4 Å². The van der Waals surface area contributed by atoms with Crippen molar-refractivity contribution >= 4 is 39.9 Å². The molecule has 4 unspecified atom stereocenters. The molecule has 0 saturated carbocycles. The molecular weight excluding hydrogens is 414 g/mol. The number of nitrogens with one attached hydrogen (secondary N) is 1. The Morgan fingerprint density at radius 3 is 2.72 bits per heavy atom. The molecule has 11 nitrogen and oxygen atoms in total. The summed E-state index contributed by atoms with van der Waals surface area (Å²) in [5.41, 5.74) is 10.3. The lowest BCUT2D eigenvalue weighted by Crippen LogP contribution is -2.33. The topological polar surface area (TPSA) is 164 Å². The molecule has 2 aromatic carbocycles. The standard InChI is InChI=1S/C21H21N7O4/c22-18-15-19(28(10-23-15)20-17(31)16(30)14(9-29)32-20)26-21(25-18)27-24-8-11-5-6-12-3-1-2-4-13(12)7-11/h1-8,10,14,16-17,20,29-31H,9H2,(H3,22,25,26,27)/b24-8+. The quantitative estimate of drug-likeness (QED) is 0.223. The van der Waals surface area contributed by atoms with Crippen molar-refractivity contribution < 1.29 is 20.1 Å². The fourth-order valence-corrected chi connectivity index (χ4v) is 3.74. The van der Waals surface area contributed by atoms with Crippen LogP contribution in [-0.2, 0) is 4.74 Å². The first-order chi connectivity index (χ1) is 15.5. The molecule has 32 heavy (non-hydrogen) atoms. The van der Waals surface area contributed by atoms with Gasteiger partial charge in [0.15, 0.2) is 17.7 Å². The Balaban J connectivity index is 1.41. The van der Waals surface area contributed by atoms with Crippen LogP contribution >= 0.6 is 0 Å². The van der Waals surface area contributed by atoms with Crippen LogP contribution in [0.25, 0.3) is 21.9 Å². The Bertz CT molecular complexity index is 1310. The van der Waals surface area contributed by atoms with Crippen molar-refractivity contribution in [2.24, 2.45) is 5.10 Å². The molecule has 6 N–H and O–H groups in total. The number of nitrogens with two attached hydrogens (primary N) is 1. The van der Waals surface area contributed by atoms with Gasteiger partial charge < -0.3 is 25.8 Å². The van der Waals surface area contributed by atoms with Crippen LogP contribution in [-0.4, -0.2) is 66.0 Å². The number of hydrogen-bond donors (Lipinski definition) is 5. The Labute approximate surface area is 181 Å². The third-order valence-electron chi connectivity index (χ3n) is 5.39. The zero-order valence-corrected chi connectivity index (χ0v) is 16.8. The van der Waals surface area contributed by atoms with E-state index in [9.17, 15) is 15.3 Å². The van der Waals surface area contributed by atoms with Crippen LogP contribution in [0.4, 0.5) is 11.8 Å². The van der Waals surface area contributed by atoms with Gasteiger partial charge in [0.05, 0.1) is 19.1 Å². The van der Waals surface area contributed by atoms with E-state index in [0.717, 1.165) is 16.3 Å². The highest BCUT2D eigenvalue weighted by Gasteiger charge is 2.44. The first kappa shape index (κ1) is 20.3. The summed E-state index contributed by atoms with van der Waals surface area (Å²) < 4.78 is 7.00. The minimum Gasteiger partial charge on any atom is -0.394 e. The lowest BCUT2D eigenvalue weighted by atomic mass is 10.1. The van der Waals surface area contributed by atoms with Crippen LogP contribution in [0.15, 0.2) is 53.9 Å². The normalized spacial score (nSPS) is 23.5. The number of ether oxygens (including phenoxy) is 1. The maximum atomic E-state index is 10.3. The van der Waals surface area contributed by atoms with E-state index in [1.54, 1.807) is 6.21 Å². The van der Waals surface area contributed by atoms with Gasteiger partial charge >= 0.3 is 0 Å². The Morgan fingerprint density at radius 2 is 1.94 bits per heavy atom. The number of rotatable bonds is 5. The zero-order valence-electron chi connectivity index (χ0n) is 16.8. The Kier molecular flexibility index (Phi) is 5.15. The van der Waals surface area contributed by atoms with Gasteiger partial charge in [-0.3, -0.25) is 4.57 Å². The fraction of sp³-hybridized carbons (Fsp3) is 0.238. The first-order valence-electron chi connectivity index (χ1n) is 9.95. The molecule has 3 heterocycles. The highest BCUT2D eigenvalue weighted by Crippen LogP contribution is 2.32. The van der Waals surface area contributed by atoms with Crippen LogP contribution in [0.2, 0.25) is 0 Å². The number of hydrazone groups is 1. The second kappa shape index (κ2) is 8.13. The van der Waals surface area contributed by atoms with Crippen molar-refractivity contribution in [3.8, 4) is 0 Å². The molecule has 5 rings (SSSR count). The molecular formula is C21H21N7O4. The molecule has 4 atom stereocenters. The van der Waals surface area contributed by atoms with Crippen LogP contribution < -0.4 is 11.2 Å². The molecule has 0 radical (unpaired) electrons. The predicted molar refractivity (Wildman–Crippen MR) is 118 cm³/mol. The molecule has 0 amide bonds. The maximum Gasteiger partial charge on any atom is 0.247 e. The minimum atomic E-state index is -1.27. The van der Waals surface area contributed by atoms with Crippen molar-refractivity contribution in [3.05, 3.63) is 54.4 Å². The van der Waals surface area contributed by atoms with Crippen molar-refractivity contribution in [2.75, 3.05) is 17.8 Å². The van der Waals surface area contributed by atoms with E-state index in [1.165, 1.54) is 10.9 Å². The zero-order chi connectivity index (χ0) is 22.2. The summed E-state index contributed by atoms with van der Waals surface area (Å²) in [6, 6.07) is 14.0. The number of imidazole rings is 1. The minimum absolute atomic E-state index is 0.115. The summed E-state index contributed by atoms with van der Waals surface area (Å²) in [5.74, 6) is 0.240. The van der Waals surface area contributed by atoms with Gasteiger partial charge in [-0.1, -0.05) is 36.4 Å². The number of benzene rings is 2. The second-order valence-electron chi connectivity index (χ2n) is 7.46. The number of nitrogen functional groups attached to an aromatic ring is 1. The van der Waals surface area contributed by atoms with Crippen molar-refractivity contribution in [1.82, 2.24) is 19.5 Å². The Hall–Kier alpha value is -3.64. The van der Waals surface area contributed by atoms with Crippen molar-refractivity contribution in [2.45, 2.75) is 24.5 Å². The molecule has 164 valence electrons. The number of anilines is 2. The van der Waals surface area contributed by atoms with E-state index in [4.69, 9.17) is 10.5 Å². The molecule has 1 saturated heterocycles. The van der Waals surface area contributed by atoms with Gasteiger partial charge in [0.1, 0.15) is 23.8 Å². The average Bonchev–Trinajstić information content (AvgIpc) is 3.35. The van der Waals surface area contributed by atoms with E-state index < -0.39 is 31.1 Å². The van der Waals surface area contributed by atoms with Crippen LogP contribution in [0.5, 0.6) is 0 Å². The first-order valence-corrected chi connectivity index (χ1v) is 9.95. The molecule has 0 bridgehead atoms. The second-order valence-corrected chi connectivity index (χ2v) is 7.46. The van der Waals surface area contributed by atoms with Gasteiger partial charge in [0.25, 0.3) is 0 Å². The number of nitrogens with zero attached hydrogens (tertiary/aromatic N) is 5.